The molecule has 0 atom stereocenters. The van der Waals surface area contributed by atoms with Crippen molar-refractivity contribution in [1.29, 1.82) is 0 Å². The minimum atomic E-state index is 0. The highest BCUT2D eigenvalue weighted by molar-refractivity contribution is 14.0. The summed E-state index contributed by atoms with van der Waals surface area (Å²) in [5, 5.41) is 13.8. The van der Waals surface area contributed by atoms with E-state index in [1.807, 2.05) is 45.0 Å². The SMILES string of the molecule is CCNC(=NCCc1nc(-c2ccco2)n[nH]1)NCCc1ccc(OCC)c(OCC)c1.I. The Hall–Kier alpha value is -2.76. The molecule has 2 aromatic heterocycles. The normalized spacial score (nSPS) is 11.1. The summed E-state index contributed by atoms with van der Waals surface area (Å²) in [5.74, 6) is 4.31. The Labute approximate surface area is 211 Å². The maximum absolute atomic E-state index is 5.72. The van der Waals surface area contributed by atoms with Gasteiger partial charge in [-0.25, -0.2) is 4.98 Å². The van der Waals surface area contributed by atoms with Crippen LogP contribution in [0, 0.1) is 0 Å². The first-order valence-corrected chi connectivity index (χ1v) is 11.1. The van der Waals surface area contributed by atoms with Gasteiger partial charge in [-0.2, -0.15) is 5.10 Å². The van der Waals surface area contributed by atoms with Crippen molar-refractivity contribution in [2.45, 2.75) is 33.6 Å². The lowest BCUT2D eigenvalue weighted by Gasteiger charge is -2.14. The predicted molar refractivity (Wildman–Crippen MR) is 140 cm³/mol. The van der Waals surface area contributed by atoms with Crippen molar-refractivity contribution < 1.29 is 13.9 Å². The number of ether oxygens (including phenoxy) is 2. The molecule has 0 saturated heterocycles. The van der Waals surface area contributed by atoms with Crippen LogP contribution in [0.1, 0.15) is 32.2 Å². The molecule has 0 radical (unpaired) electrons. The lowest BCUT2D eigenvalue weighted by molar-refractivity contribution is 0.287. The third-order valence-corrected chi connectivity index (χ3v) is 4.55. The number of aliphatic imine (C=N–C) groups is 1. The van der Waals surface area contributed by atoms with Crippen molar-refractivity contribution in [2.24, 2.45) is 4.99 Å². The molecule has 0 saturated carbocycles. The Morgan fingerprint density at radius 2 is 1.88 bits per heavy atom. The zero-order valence-corrected chi connectivity index (χ0v) is 21.7. The summed E-state index contributed by atoms with van der Waals surface area (Å²) in [6, 6.07) is 9.73. The van der Waals surface area contributed by atoms with E-state index in [4.69, 9.17) is 13.9 Å². The van der Waals surface area contributed by atoms with Crippen molar-refractivity contribution in [3.05, 3.63) is 48.0 Å². The first-order valence-electron chi connectivity index (χ1n) is 11.1. The molecule has 1 aromatic carbocycles. The van der Waals surface area contributed by atoms with Gasteiger partial charge in [-0.05, 0) is 57.0 Å². The number of rotatable bonds is 12. The number of halogens is 1. The van der Waals surface area contributed by atoms with Crippen LogP contribution in [-0.2, 0) is 12.8 Å². The van der Waals surface area contributed by atoms with E-state index in [-0.39, 0.29) is 24.0 Å². The summed E-state index contributed by atoms with van der Waals surface area (Å²) >= 11 is 0. The molecule has 180 valence electrons. The highest BCUT2D eigenvalue weighted by Gasteiger charge is 2.09. The van der Waals surface area contributed by atoms with Crippen LogP contribution in [0.3, 0.4) is 0 Å². The monoisotopic (exact) mass is 568 g/mol. The summed E-state index contributed by atoms with van der Waals surface area (Å²) in [5.41, 5.74) is 1.17. The molecule has 3 rings (SSSR count). The molecule has 0 aliphatic rings. The topological polar surface area (TPSA) is 110 Å². The maximum atomic E-state index is 5.72. The summed E-state index contributed by atoms with van der Waals surface area (Å²) in [6.45, 7) is 9.32. The second-order valence-corrected chi connectivity index (χ2v) is 6.92. The fraction of sp³-hybridized carbons (Fsp3) is 0.435. The Morgan fingerprint density at radius 1 is 1.06 bits per heavy atom. The van der Waals surface area contributed by atoms with Gasteiger partial charge in [0.1, 0.15) is 5.82 Å². The van der Waals surface area contributed by atoms with Crippen LogP contribution in [0.4, 0.5) is 0 Å². The fourth-order valence-corrected chi connectivity index (χ4v) is 3.11. The first-order chi connectivity index (χ1) is 15.7. The van der Waals surface area contributed by atoms with Gasteiger partial charge < -0.3 is 24.5 Å². The van der Waals surface area contributed by atoms with Crippen molar-refractivity contribution in [1.82, 2.24) is 25.8 Å². The van der Waals surface area contributed by atoms with Gasteiger partial charge in [-0.1, -0.05) is 6.07 Å². The molecule has 0 bridgehead atoms. The molecule has 0 aliphatic carbocycles. The number of aromatic amines is 1. The second kappa shape index (κ2) is 14.4. The van der Waals surface area contributed by atoms with Crippen molar-refractivity contribution in [3.8, 4) is 23.1 Å². The van der Waals surface area contributed by atoms with E-state index in [1.165, 1.54) is 5.56 Å². The van der Waals surface area contributed by atoms with Crippen LogP contribution in [0.5, 0.6) is 11.5 Å². The van der Waals surface area contributed by atoms with Crippen molar-refractivity contribution >= 4 is 29.9 Å². The number of H-pyrrole nitrogens is 1. The molecule has 0 amide bonds. The molecule has 33 heavy (non-hydrogen) atoms. The van der Waals surface area contributed by atoms with Crippen LogP contribution in [-0.4, -0.2) is 54.0 Å². The van der Waals surface area contributed by atoms with Crippen LogP contribution in [0.15, 0.2) is 46.0 Å². The molecule has 0 fully saturated rings. The molecule has 9 nitrogen and oxygen atoms in total. The Kier molecular flexibility index (Phi) is 11.6. The summed E-state index contributed by atoms with van der Waals surface area (Å²) < 4.78 is 16.7. The van der Waals surface area contributed by atoms with E-state index in [0.717, 1.165) is 42.8 Å². The van der Waals surface area contributed by atoms with E-state index < -0.39 is 0 Å². The van der Waals surface area contributed by atoms with Crippen LogP contribution < -0.4 is 20.1 Å². The average Bonchev–Trinajstić information content (AvgIpc) is 3.48. The van der Waals surface area contributed by atoms with E-state index >= 15 is 0 Å². The molecule has 0 spiro atoms. The number of hydrogen-bond donors (Lipinski definition) is 3. The number of nitrogens with one attached hydrogen (secondary N) is 3. The van der Waals surface area contributed by atoms with E-state index in [9.17, 15) is 0 Å². The van der Waals surface area contributed by atoms with Gasteiger partial charge in [0, 0.05) is 26.1 Å². The molecule has 3 N–H and O–H groups in total. The zero-order chi connectivity index (χ0) is 22.6. The molecule has 10 heteroatoms. The Balaban J connectivity index is 0.00000385. The maximum Gasteiger partial charge on any atom is 0.216 e. The molecule has 0 aliphatic heterocycles. The minimum absolute atomic E-state index is 0. The van der Waals surface area contributed by atoms with Gasteiger partial charge >= 0.3 is 0 Å². The smallest absolute Gasteiger partial charge is 0.216 e. The Bertz CT molecular complexity index is 974. The number of guanidine groups is 1. The Morgan fingerprint density at radius 3 is 2.61 bits per heavy atom. The molecular weight excluding hydrogens is 535 g/mol. The van der Waals surface area contributed by atoms with E-state index in [1.54, 1.807) is 6.26 Å². The fourth-order valence-electron chi connectivity index (χ4n) is 3.11. The van der Waals surface area contributed by atoms with Crippen LogP contribution >= 0.6 is 24.0 Å². The number of hydrogen-bond acceptors (Lipinski definition) is 6. The summed E-state index contributed by atoms with van der Waals surface area (Å²) in [6.07, 6.45) is 3.10. The van der Waals surface area contributed by atoms with Crippen LogP contribution in [0.25, 0.3) is 11.6 Å². The average molecular weight is 568 g/mol. The standard InChI is InChI=1S/C23H32N6O3.HI/c1-4-24-23(26-14-12-21-27-22(29-28-21)19-8-7-15-32-19)25-13-11-17-9-10-18(30-5-2)20(16-17)31-6-3;/h7-10,15-16H,4-6,11-14H2,1-3H3,(H2,24,25,26)(H,27,28,29);1H. The van der Waals surface area contributed by atoms with Crippen LogP contribution in [0.2, 0.25) is 0 Å². The van der Waals surface area contributed by atoms with Crippen molar-refractivity contribution in [2.75, 3.05) is 32.8 Å². The predicted octanol–water partition coefficient (Wildman–Crippen LogP) is 3.82. The summed E-state index contributed by atoms with van der Waals surface area (Å²) in [4.78, 5) is 9.08. The second-order valence-electron chi connectivity index (χ2n) is 6.92. The van der Waals surface area contributed by atoms with Gasteiger partial charge in [0.05, 0.1) is 19.5 Å². The third-order valence-electron chi connectivity index (χ3n) is 4.55. The third kappa shape index (κ3) is 8.26. The van der Waals surface area contributed by atoms with Gasteiger partial charge in [-0.3, -0.25) is 10.1 Å². The first kappa shape index (κ1) is 26.5. The van der Waals surface area contributed by atoms with Gasteiger partial charge in [0.15, 0.2) is 23.2 Å². The lowest BCUT2D eigenvalue weighted by Crippen LogP contribution is -2.38. The zero-order valence-electron chi connectivity index (χ0n) is 19.4. The van der Waals surface area contributed by atoms with E-state index in [0.29, 0.717) is 37.8 Å². The molecule has 0 unspecified atom stereocenters. The number of aromatic nitrogens is 3. The van der Waals surface area contributed by atoms with Gasteiger partial charge in [0.25, 0.3) is 0 Å². The largest absolute Gasteiger partial charge is 0.490 e. The molecule has 3 aromatic rings. The van der Waals surface area contributed by atoms with Crippen molar-refractivity contribution in [3.63, 3.8) is 0 Å². The summed E-state index contributed by atoms with van der Waals surface area (Å²) in [7, 11) is 0. The van der Waals surface area contributed by atoms with E-state index in [2.05, 4.69) is 36.9 Å². The highest BCUT2D eigenvalue weighted by atomic mass is 127. The number of benzene rings is 1. The lowest BCUT2D eigenvalue weighted by atomic mass is 10.1. The quantitative estimate of drug-likeness (QED) is 0.173. The molecule has 2 heterocycles. The van der Waals surface area contributed by atoms with Gasteiger partial charge in [0.2, 0.25) is 5.82 Å². The number of nitrogens with zero attached hydrogens (tertiary/aromatic N) is 3. The van der Waals surface area contributed by atoms with Gasteiger partial charge in [-0.15, -0.1) is 24.0 Å². The minimum Gasteiger partial charge on any atom is -0.490 e. The number of furan rings is 1. The highest BCUT2D eigenvalue weighted by Crippen LogP contribution is 2.28. The molecular formula is C23H33IN6O3.